The number of aliphatic imine (C=N–C) groups is 1. The zero-order valence-electron chi connectivity index (χ0n) is 18.5. The summed E-state index contributed by atoms with van der Waals surface area (Å²) in [6, 6.07) is 1.23. The van der Waals surface area contributed by atoms with E-state index in [4.69, 9.17) is 4.74 Å². The Labute approximate surface area is 182 Å². The van der Waals surface area contributed by atoms with Crippen LogP contribution in [0.5, 0.6) is 0 Å². The van der Waals surface area contributed by atoms with Crippen molar-refractivity contribution in [3.63, 3.8) is 0 Å². The van der Waals surface area contributed by atoms with Gasteiger partial charge in [-0.25, -0.2) is 9.97 Å². The molecule has 3 N–H and O–H groups in total. The molecule has 0 saturated carbocycles. The molecule has 0 aliphatic carbocycles. The van der Waals surface area contributed by atoms with E-state index in [1.807, 2.05) is 0 Å². The lowest BCUT2D eigenvalue weighted by Crippen LogP contribution is -2.53. The van der Waals surface area contributed by atoms with Gasteiger partial charge in [0.25, 0.3) is 0 Å². The van der Waals surface area contributed by atoms with Gasteiger partial charge in [-0.2, -0.15) is 13.2 Å². The first-order valence-corrected chi connectivity index (χ1v) is 10.8. The second-order valence-corrected chi connectivity index (χ2v) is 7.36. The fraction of sp³-hybridized carbons (Fsp3) is 0.750. The Kier molecular flexibility index (Phi) is 10.3. The molecular formula is C20H34F3N7O. The Morgan fingerprint density at radius 3 is 2.52 bits per heavy atom. The monoisotopic (exact) mass is 445 g/mol. The summed E-state index contributed by atoms with van der Waals surface area (Å²) in [5.41, 5.74) is -0.967. The number of aromatic nitrogens is 2. The number of hydrogen-bond acceptors (Lipinski definition) is 6. The number of rotatable bonds is 10. The van der Waals surface area contributed by atoms with E-state index in [9.17, 15) is 13.2 Å². The fourth-order valence-electron chi connectivity index (χ4n) is 3.71. The van der Waals surface area contributed by atoms with E-state index in [1.165, 1.54) is 0 Å². The van der Waals surface area contributed by atoms with Gasteiger partial charge in [-0.1, -0.05) is 26.7 Å². The van der Waals surface area contributed by atoms with Crippen LogP contribution in [0.2, 0.25) is 0 Å². The Hall–Kier alpha value is -2.14. The van der Waals surface area contributed by atoms with Crippen molar-refractivity contribution in [2.24, 2.45) is 10.9 Å². The molecule has 2 heterocycles. The molecule has 1 aromatic rings. The zero-order chi connectivity index (χ0) is 22.7. The van der Waals surface area contributed by atoms with Crippen LogP contribution in [0, 0.1) is 5.92 Å². The van der Waals surface area contributed by atoms with Crippen LogP contribution in [0.3, 0.4) is 0 Å². The zero-order valence-corrected chi connectivity index (χ0v) is 18.5. The van der Waals surface area contributed by atoms with Gasteiger partial charge in [-0.05, 0) is 12.0 Å². The summed E-state index contributed by atoms with van der Waals surface area (Å²) >= 11 is 0. The van der Waals surface area contributed by atoms with Crippen molar-refractivity contribution in [2.45, 2.75) is 38.9 Å². The Morgan fingerprint density at radius 1 is 1.19 bits per heavy atom. The lowest BCUT2D eigenvalue weighted by Gasteiger charge is -2.39. The molecular weight excluding hydrogens is 411 g/mol. The third kappa shape index (κ3) is 8.13. The first-order chi connectivity index (χ1) is 14.9. The number of halogens is 3. The molecule has 1 aromatic heterocycles. The van der Waals surface area contributed by atoms with Crippen molar-refractivity contribution in [3.8, 4) is 0 Å². The highest BCUT2D eigenvalue weighted by Crippen LogP contribution is 2.27. The van der Waals surface area contributed by atoms with Crippen molar-refractivity contribution in [1.82, 2.24) is 25.5 Å². The van der Waals surface area contributed by atoms with Gasteiger partial charge < -0.3 is 20.7 Å². The second kappa shape index (κ2) is 12.7. The number of guanidine groups is 1. The van der Waals surface area contributed by atoms with E-state index in [0.29, 0.717) is 31.0 Å². The van der Waals surface area contributed by atoms with Crippen LogP contribution in [0.4, 0.5) is 19.1 Å². The van der Waals surface area contributed by atoms with E-state index in [1.54, 1.807) is 7.05 Å². The van der Waals surface area contributed by atoms with Crippen LogP contribution in [0.25, 0.3) is 0 Å². The molecule has 11 heteroatoms. The van der Waals surface area contributed by atoms with Crippen LogP contribution in [0.1, 0.15) is 32.4 Å². The quantitative estimate of drug-likeness (QED) is 0.289. The van der Waals surface area contributed by atoms with Crippen LogP contribution < -0.4 is 16.0 Å². The van der Waals surface area contributed by atoms with Gasteiger partial charge in [0, 0.05) is 52.0 Å². The Balaban J connectivity index is 1.81. The number of nitrogens with one attached hydrogen (secondary N) is 3. The van der Waals surface area contributed by atoms with Gasteiger partial charge >= 0.3 is 6.18 Å². The van der Waals surface area contributed by atoms with Crippen LogP contribution in [-0.4, -0.2) is 79.9 Å². The number of nitrogens with zero attached hydrogens (tertiary/aromatic N) is 4. The minimum absolute atomic E-state index is 0.0549. The largest absolute Gasteiger partial charge is 0.433 e. The summed E-state index contributed by atoms with van der Waals surface area (Å²) in [6.45, 7) is 9.36. The molecule has 1 aliphatic rings. The van der Waals surface area contributed by atoms with Crippen molar-refractivity contribution >= 4 is 11.9 Å². The van der Waals surface area contributed by atoms with E-state index in [-0.39, 0.29) is 5.95 Å². The maximum atomic E-state index is 12.7. The van der Waals surface area contributed by atoms with Crippen LogP contribution in [-0.2, 0) is 10.9 Å². The highest BCUT2D eigenvalue weighted by atomic mass is 19.4. The molecule has 0 aromatic carbocycles. The molecule has 1 fully saturated rings. The molecule has 1 aliphatic heterocycles. The lowest BCUT2D eigenvalue weighted by atomic mass is 9.92. The minimum Gasteiger partial charge on any atom is -0.379 e. The van der Waals surface area contributed by atoms with Crippen LogP contribution in [0.15, 0.2) is 17.3 Å². The smallest absolute Gasteiger partial charge is 0.379 e. The van der Waals surface area contributed by atoms with Gasteiger partial charge in [0.05, 0.1) is 13.2 Å². The molecule has 0 amide bonds. The number of ether oxygens (including phenoxy) is 1. The third-order valence-corrected chi connectivity index (χ3v) is 5.46. The van der Waals surface area contributed by atoms with Crippen molar-refractivity contribution in [2.75, 3.05) is 58.3 Å². The minimum atomic E-state index is -4.49. The van der Waals surface area contributed by atoms with Crippen molar-refractivity contribution in [3.05, 3.63) is 18.0 Å². The van der Waals surface area contributed by atoms with Gasteiger partial charge in [0.1, 0.15) is 5.69 Å². The summed E-state index contributed by atoms with van der Waals surface area (Å²) < 4.78 is 43.7. The first-order valence-electron chi connectivity index (χ1n) is 10.8. The summed E-state index contributed by atoms with van der Waals surface area (Å²) in [4.78, 5) is 14.1. The van der Waals surface area contributed by atoms with Gasteiger partial charge in [-0.3, -0.25) is 9.89 Å². The number of alkyl halides is 3. The SMILES string of the molecule is CCC(CC)C(CNC(=NC)NCCNc1nccc(C(F)(F)F)n1)N1CCOCC1. The third-order valence-electron chi connectivity index (χ3n) is 5.46. The molecule has 1 unspecified atom stereocenters. The Morgan fingerprint density at radius 2 is 1.90 bits per heavy atom. The van der Waals surface area contributed by atoms with E-state index >= 15 is 0 Å². The second-order valence-electron chi connectivity index (χ2n) is 7.36. The molecule has 1 saturated heterocycles. The lowest BCUT2D eigenvalue weighted by molar-refractivity contribution is -0.141. The predicted octanol–water partition coefficient (Wildman–Crippen LogP) is 2.21. The normalized spacial score (nSPS) is 16.9. The topological polar surface area (TPSA) is 86.7 Å². The van der Waals surface area contributed by atoms with Gasteiger partial charge in [0.15, 0.2) is 5.96 Å². The van der Waals surface area contributed by atoms with Crippen molar-refractivity contribution in [1.29, 1.82) is 0 Å². The molecule has 31 heavy (non-hydrogen) atoms. The molecule has 0 spiro atoms. The summed E-state index contributed by atoms with van der Waals surface area (Å²) in [5, 5.41) is 9.37. The number of hydrogen-bond donors (Lipinski definition) is 3. The van der Waals surface area contributed by atoms with Gasteiger partial charge in [0.2, 0.25) is 5.95 Å². The van der Waals surface area contributed by atoms with Gasteiger partial charge in [-0.15, -0.1) is 0 Å². The molecule has 8 nitrogen and oxygen atoms in total. The average molecular weight is 446 g/mol. The highest BCUT2D eigenvalue weighted by molar-refractivity contribution is 5.79. The predicted molar refractivity (Wildman–Crippen MR) is 115 cm³/mol. The molecule has 176 valence electrons. The molecule has 2 rings (SSSR count). The molecule has 0 bridgehead atoms. The molecule has 0 radical (unpaired) electrons. The maximum absolute atomic E-state index is 12.7. The summed E-state index contributed by atoms with van der Waals surface area (Å²) in [6.07, 6.45) is -1.19. The first kappa shape index (κ1) is 25.1. The van der Waals surface area contributed by atoms with Crippen molar-refractivity contribution < 1.29 is 17.9 Å². The summed E-state index contributed by atoms with van der Waals surface area (Å²) in [7, 11) is 1.69. The fourth-order valence-corrected chi connectivity index (χ4v) is 3.71. The average Bonchev–Trinajstić information content (AvgIpc) is 2.78. The van der Waals surface area contributed by atoms with E-state index < -0.39 is 11.9 Å². The van der Waals surface area contributed by atoms with Crippen LogP contribution >= 0.6 is 0 Å². The maximum Gasteiger partial charge on any atom is 0.433 e. The van der Waals surface area contributed by atoms with E-state index in [2.05, 4.69) is 49.7 Å². The van der Waals surface area contributed by atoms with E-state index in [0.717, 1.165) is 58.0 Å². The highest BCUT2D eigenvalue weighted by Gasteiger charge is 2.32. The number of morpholine rings is 1. The molecule has 1 atom stereocenters. The standard InChI is InChI=1S/C20H34F3N7O/c1-4-15(5-2)16(30-10-12-31-13-11-30)14-28-18(24-3)26-8-9-27-19-25-7-6-17(29-19)20(21,22)23/h6-7,15-16H,4-5,8-14H2,1-3H3,(H2,24,26,28)(H,25,27,29). The number of anilines is 1. The Bertz CT molecular complexity index is 677. The summed E-state index contributed by atoms with van der Waals surface area (Å²) in [5.74, 6) is 1.17.